The molecule has 2 fully saturated rings. The maximum Gasteiger partial charge on any atom is 0.330 e. The molecule has 2 aliphatic heterocycles. The minimum Gasteiger partial charge on any atom is -0.347 e. The van der Waals surface area contributed by atoms with Crippen molar-refractivity contribution < 1.29 is 4.74 Å². The molecular formula is C17H24N6O3. The van der Waals surface area contributed by atoms with Crippen molar-refractivity contribution in [3.8, 4) is 0 Å². The van der Waals surface area contributed by atoms with E-state index in [2.05, 4.69) is 33.8 Å². The molecule has 9 heteroatoms. The van der Waals surface area contributed by atoms with Gasteiger partial charge in [-0.25, -0.2) is 4.79 Å². The average molecular weight is 360 g/mol. The predicted octanol–water partition coefficient (Wildman–Crippen LogP) is 0.484. The van der Waals surface area contributed by atoms with Crippen LogP contribution in [0.1, 0.15) is 37.9 Å². The van der Waals surface area contributed by atoms with Gasteiger partial charge in [0.25, 0.3) is 5.56 Å². The van der Waals surface area contributed by atoms with Gasteiger partial charge in [-0.3, -0.25) is 19.0 Å². The maximum atomic E-state index is 12.4. The van der Waals surface area contributed by atoms with Gasteiger partial charge in [0.05, 0.1) is 18.2 Å². The Morgan fingerprint density at radius 2 is 2.12 bits per heavy atom. The number of rotatable bonds is 3. The van der Waals surface area contributed by atoms with Gasteiger partial charge in [0.15, 0.2) is 6.23 Å². The molecule has 4 atom stereocenters. The first-order valence-electron chi connectivity index (χ1n) is 8.91. The van der Waals surface area contributed by atoms with Crippen molar-refractivity contribution in [2.75, 3.05) is 11.4 Å². The lowest BCUT2D eigenvalue weighted by molar-refractivity contribution is -0.0952. The Morgan fingerprint density at radius 1 is 1.38 bits per heavy atom. The molecule has 26 heavy (non-hydrogen) atoms. The van der Waals surface area contributed by atoms with Gasteiger partial charge in [0, 0.05) is 24.7 Å². The highest BCUT2D eigenvalue weighted by Gasteiger charge is 2.62. The van der Waals surface area contributed by atoms with Crippen LogP contribution in [0.25, 0.3) is 0 Å². The van der Waals surface area contributed by atoms with Gasteiger partial charge >= 0.3 is 5.69 Å². The summed E-state index contributed by atoms with van der Waals surface area (Å²) >= 11 is 0. The molecule has 0 radical (unpaired) electrons. The van der Waals surface area contributed by atoms with Crippen LogP contribution >= 0.6 is 0 Å². The highest BCUT2D eigenvalue weighted by Crippen LogP contribution is 2.52. The van der Waals surface area contributed by atoms with E-state index in [9.17, 15) is 9.59 Å². The lowest BCUT2D eigenvalue weighted by Gasteiger charge is -2.37. The number of morpholine rings is 1. The van der Waals surface area contributed by atoms with Crippen molar-refractivity contribution >= 4 is 5.95 Å². The molecule has 0 amide bonds. The first-order valence-corrected chi connectivity index (χ1v) is 8.91. The summed E-state index contributed by atoms with van der Waals surface area (Å²) in [6.07, 6.45) is 1.91. The second-order valence-corrected chi connectivity index (χ2v) is 7.40. The van der Waals surface area contributed by atoms with Gasteiger partial charge in [-0.2, -0.15) is 4.98 Å². The monoisotopic (exact) mass is 360 g/mol. The third kappa shape index (κ3) is 2.19. The molecular weight excluding hydrogens is 336 g/mol. The number of aryl methyl sites for hydroxylation is 3. The van der Waals surface area contributed by atoms with Gasteiger partial charge in [0.1, 0.15) is 5.82 Å². The van der Waals surface area contributed by atoms with E-state index in [1.807, 2.05) is 14.0 Å². The van der Waals surface area contributed by atoms with E-state index >= 15 is 0 Å². The normalized spacial score (nSPS) is 30.3. The van der Waals surface area contributed by atoms with E-state index in [0.29, 0.717) is 18.1 Å². The fourth-order valence-corrected chi connectivity index (χ4v) is 4.26. The van der Waals surface area contributed by atoms with E-state index in [-0.39, 0.29) is 23.1 Å². The maximum absolute atomic E-state index is 12.4. The summed E-state index contributed by atoms with van der Waals surface area (Å²) in [4.78, 5) is 33.2. The Morgan fingerprint density at radius 3 is 2.69 bits per heavy atom. The topological polar surface area (TPSA) is 98.0 Å². The fourth-order valence-electron chi connectivity index (χ4n) is 4.26. The zero-order chi connectivity index (χ0) is 18.8. The number of nitrogens with zero attached hydrogens (tertiary/aromatic N) is 5. The van der Waals surface area contributed by atoms with Crippen molar-refractivity contribution in [2.45, 2.75) is 52.0 Å². The fraction of sp³-hybridized carbons (Fsp3) is 0.647. The second-order valence-electron chi connectivity index (χ2n) is 7.40. The van der Waals surface area contributed by atoms with Crippen molar-refractivity contribution in [1.82, 2.24) is 24.3 Å². The Balaban J connectivity index is 1.82. The minimum atomic E-state index is -0.495. The van der Waals surface area contributed by atoms with Gasteiger partial charge in [-0.1, -0.05) is 13.8 Å². The van der Waals surface area contributed by atoms with Crippen LogP contribution in [-0.2, 0) is 11.8 Å². The molecule has 0 spiro atoms. The Labute approximate surface area is 150 Å². The summed E-state index contributed by atoms with van der Waals surface area (Å²) in [5.74, 6) is 1.68. The third-order valence-corrected chi connectivity index (χ3v) is 6.03. The number of aromatic nitrogens is 5. The predicted molar refractivity (Wildman–Crippen MR) is 95.2 cm³/mol. The van der Waals surface area contributed by atoms with E-state index in [1.54, 1.807) is 17.8 Å². The van der Waals surface area contributed by atoms with Crippen LogP contribution in [0.15, 0.2) is 15.8 Å². The van der Waals surface area contributed by atoms with Crippen molar-refractivity contribution in [1.29, 1.82) is 0 Å². The summed E-state index contributed by atoms with van der Waals surface area (Å²) in [6, 6.07) is -0.0836. The molecule has 0 saturated carbocycles. The van der Waals surface area contributed by atoms with E-state index in [0.717, 1.165) is 12.2 Å². The molecule has 2 aromatic rings. The SMILES string of the molecule is CC[C@@]12CN(c3nc(C)n(C)n3)[C@@H]([C@H](n3cc(C)c(=O)[nH]c3=O)O1)[C@@H]2C. The first-order chi connectivity index (χ1) is 12.3. The number of H-pyrrole nitrogens is 1. The van der Waals surface area contributed by atoms with Gasteiger partial charge in [-0.05, 0) is 20.3 Å². The number of anilines is 1. The van der Waals surface area contributed by atoms with Gasteiger partial charge in [-0.15, -0.1) is 5.10 Å². The van der Waals surface area contributed by atoms with E-state index in [4.69, 9.17) is 4.74 Å². The highest BCUT2D eigenvalue weighted by molar-refractivity contribution is 5.39. The van der Waals surface area contributed by atoms with Crippen LogP contribution in [0.5, 0.6) is 0 Å². The number of nitrogens with one attached hydrogen (secondary N) is 1. The van der Waals surface area contributed by atoms with Crippen LogP contribution < -0.4 is 16.1 Å². The molecule has 2 aromatic heterocycles. The molecule has 9 nitrogen and oxygen atoms in total. The number of fused-ring (bicyclic) bond motifs is 2. The molecule has 140 valence electrons. The van der Waals surface area contributed by atoms with Crippen LogP contribution in [0.3, 0.4) is 0 Å². The standard InChI is InChI=1S/C17H24N6O3/c1-6-17-8-23(15-18-11(4)21(5)20-15)12(10(17)3)14(26-17)22-7-9(2)13(24)19-16(22)25/h7,10,12,14H,6,8H2,1-5H3,(H,19,24,25)/t10-,12+,14+,17-/m0/s1. The molecule has 0 aromatic carbocycles. The number of ether oxygens (including phenoxy) is 1. The molecule has 1 N–H and O–H groups in total. The summed E-state index contributed by atoms with van der Waals surface area (Å²) in [5.41, 5.74) is -0.716. The van der Waals surface area contributed by atoms with E-state index < -0.39 is 11.9 Å². The molecule has 4 rings (SSSR count). The molecule has 2 aliphatic rings. The summed E-state index contributed by atoms with van der Waals surface area (Å²) in [6.45, 7) is 8.52. The quantitative estimate of drug-likeness (QED) is 0.855. The van der Waals surface area contributed by atoms with Gasteiger partial charge < -0.3 is 9.64 Å². The lowest BCUT2D eigenvalue weighted by Crippen LogP contribution is -2.49. The van der Waals surface area contributed by atoms with Crippen LogP contribution in [0, 0.1) is 19.8 Å². The van der Waals surface area contributed by atoms with Crippen molar-refractivity contribution in [3.05, 3.63) is 38.4 Å². The summed E-state index contributed by atoms with van der Waals surface area (Å²) < 4.78 is 9.64. The zero-order valence-corrected chi connectivity index (χ0v) is 15.7. The summed E-state index contributed by atoms with van der Waals surface area (Å²) in [7, 11) is 1.86. The number of aromatic amines is 1. The molecule has 0 aliphatic carbocycles. The lowest BCUT2D eigenvalue weighted by atomic mass is 9.88. The Kier molecular flexibility index (Phi) is 3.62. The summed E-state index contributed by atoms with van der Waals surface area (Å²) in [5, 5.41) is 4.52. The highest BCUT2D eigenvalue weighted by atomic mass is 16.5. The third-order valence-electron chi connectivity index (χ3n) is 6.03. The van der Waals surface area contributed by atoms with Crippen LogP contribution in [0.4, 0.5) is 5.95 Å². The Hall–Kier alpha value is -2.42. The van der Waals surface area contributed by atoms with Crippen LogP contribution in [-0.4, -0.2) is 42.5 Å². The minimum absolute atomic E-state index is 0.0836. The van der Waals surface area contributed by atoms with Crippen LogP contribution in [0.2, 0.25) is 0 Å². The number of hydrogen-bond donors (Lipinski definition) is 1. The largest absolute Gasteiger partial charge is 0.347 e. The van der Waals surface area contributed by atoms with Crippen molar-refractivity contribution in [3.63, 3.8) is 0 Å². The second kappa shape index (κ2) is 5.54. The average Bonchev–Trinajstić information content (AvgIpc) is 3.19. The molecule has 0 unspecified atom stereocenters. The molecule has 2 bridgehead atoms. The number of hydrogen-bond acceptors (Lipinski definition) is 6. The smallest absolute Gasteiger partial charge is 0.330 e. The first kappa shape index (κ1) is 17.0. The van der Waals surface area contributed by atoms with Crippen molar-refractivity contribution in [2.24, 2.45) is 13.0 Å². The Bertz CT molecular complexity index is 956. The molecule has 4 heterocycles. The molecule has 2 saturated heterocycles. The van der Waals surface area contributed by atoms with E-state index in [1.165, 1.54) is 4.57 Å². The zero-order valence-electron chi connectivity index (χ0n) is 15.7. The van der Waals surface area contributed by atoms with Gasteiger partial charge in [0.2, 0.25) is 5.95 Å².